The molecule has 0 aromatic heterocycles. The molecule has 3 atom stereocenters. The van der Waals surface area contributed by atoms with E-state index in [0.717, 1.165) is 18.8 Å². The summed E-state index contributed by atoms with van der Waals surface area (Å²) in [5.41, 5.74) is 5.46. The lowest BCUT2D eigenvalue weighted by molar-refractivity contribution is -0.117. The van der Waals surface area contributed by atoms with Crippen LogP contribution in [0.5, 0.6) is 0 Å². The molecular formula is C23H38O. The first-order chi connectivity index (χ1) is 11.2. The number of hydrogen-bond acceptors (Lipinski definition) is 1. The molecule has 0 aromatic carbocycles. The van der Waals surface area contributed by atoms with Gasteiger partial charge in [-0.15, -0.1) is 0 Å². The fourth-order valence-electron chi connectivity index (χ4n) is 5.79. The molecule has 0 amide bonds. The molecule has 0 aliphatic heterocycles. The van der Waals surface area contributed by atoms with E-state index < -0.39 is 0 Å². The largest absolute Gasteiger partial charge is 0.300 e. The molecule has 0 bridgehead atoms. The maximum absolute atomic E-state index is 11.6. The summed E-state index contributed by atoms with van der Waals surface area (Å²) in [5, 5.41) is 0. The summed E-state index contributed by atoms with van der Waals surface area (Å²) in [7, 11) is 0. The summed E-state index contributed by atoms with van der Waals surface area (Å²) in [4.78, 5) is 11.6. The highest BCUT2D eigenvalue weighted by atomic mass is 16.1. The van der Waals surface area contributed by atoms with Gasteiger partial charge in [0.2, 0.25) is 0 Å². The van der Waals surface area contributed by atoms with Crippen LogP contribution < -0.4 is 0 Å². The zero-order chi connectivity index (χ0) is 18.0. The van der Waals surface area contributed by atoms with Gasteiger partial charge in [-0.05, 0) is 89.4 Å². The van der Waals surface area contributed by atoms with Crippen molar-refractivity contribution in [3.63, 3.8) is 0 Å². The van der Waals surface area contributed by atoms with Crippen molar-refractivity contribution in [2.45, 2.75) is 99.3 Å². The zero-order valence-corrected chi connectivity index (χ0v) is 16.9. The molecule has 1 fully saturated rings. The van der Waals surface area contributed by atoms with Gasteiger partial charge in [0, 0.05) is 6.42 Å². The molecule has 1 heteroatoms. The van der Waals surface area contributed by atoms with E-state index in [9.17, 15) is 4.79 Å². The van der Waals surface area contributed by atoms with E-state index >= 15 is 0 Å². The smallest absolute Gasteiger partial charge is 0.130 e. The van der Waals surface area contributed by atoms with Crippen LogP contribution >= 0.6 is 0 Å². The maximum Gasteiger partial charge on any atom is 0.130 e. The first-order valence-electron chi connectivity index (χ1n) is 10.0. The third-order valence-electron chi connectivity index (χ3n) is 7.06. The molecule has 1 unspecified atom stereocenters. The number of fused-ring (bicyclic) bond motifs is 1. The Morgan fingerprint density at radius 1 is 1.21 bits per heavy atom. The predicted octanol–water partition coefficient (Wildman–Crippen LogP) is 7.03. The standard InChI is InChI=1S/C23H38O/c1-17(2)9-7-14-22(5)15-8-16-23(6)20(12-11-19(4)24)18(3)10-13-21(22)23/h9,21H,7-8,10-16H2,1-6H3/t21?,22-,23-/m0/s1. The lowest BCUT2D eigenvalue weighted by atomic mass is 9.48. The molecule has 0 saturated heterocycles. The number of allylic oxidation sites excluding steroid dienone is 4. The van der Waals surface area contributed by atoms with Gasteiger partial charge in [0.25, 0.3) is 0 Å². The average Bonchev–Trinajstić information content (AvgIpc) is 2.45. The molecule has 0 radical (unpaired) electrons. The second-order valence-corrected chi connectivity index (χ2v) is 9.30. The van der Waals surface area contributed by atoms with Gasteiger partial charge in [-0.1, -0.05) is 43.1 Å². The molecule has 0 heterocycles. The molecule has 2 rings (SSSR count). The van der Waals surface area contributed by atoms with Crippen molar-refractivity contribution in [3.8, 4) is 0 Å². The molecule has 0 N–H and O–H groups in total. The van der Waals surface area contributed by atoms with Crippen molar-refractivity contribution in [1.29, 1.82) is 0 Å². The van der Waals surface area contributed by atoms with Crippen LogP contribution in [-0.2, 0) is 4.79 Å². The van der Waals surface area contributed by atoms with E-state index in [0.29, 0.717) is 16.6 Å². The number of ketones is 1. The highest BCUT2D eigenvalue weighted by Gasteiger charge is 2.51. The lowest BCUT2D eigenvalue weighted by Gasteiger charge is -2.56. The van der Waals surface area contributed by atoms with Gasteiger partial charge in [0.05, 0.1) is 0 Å². The lowest BCUT2D eigenvalue weighted by Crippen LogP contribution is -2.46. The average molecular weight is 331 g/mol. The van der Waals surface area contributed by atoms with E-state index in [1.807, 2.05) is 0 Å². The highest BCUT2D eigenvalue weighted by Crippen LogP contribution is 2.61. The Kier molecular flexibility index (Phi) is 6.15. The monoisotopic (exact) mass is 330 g/mol. The van der Waals surface area contributed by atoms with Crippen LogP contribution in [0.25, 0.3) is 0 Å². The quantitative estimate of drug-likeness (QED) is 0.478. The van der Waals surface area contributed by atoms with Crippen molar-refractivity contribution in [2.24, 2.45) is 16.7 Å². The van der Waals surface area contributed by atoms with Crippen molar-refractivity contribution in [3.05, 3.63) is 22.8 Å². The SMILES string of the molecule is CC(=O)CCC1=C(C)CCC2[C@@](C)(CCC=C(C)C)CCC[C@@]12C. The fourth-order valence-corrected chi connectivity index (χ4v) is 5.79. The number of rotatable bonds is 6. The first-order valence-corrected chi connectivity index (χ1v) is 10.0. The minimum Gasteiger partial charge on any atom is -0.300 e. The number of hydrogen-bond donors (Lipinski definition) is 0. The van der Waals surface area contributed by atoms with Crippen LogP contribution in [0.1, 0.15) is 99.3 Å². The minimum atomic E-state index is 0.329. The Balaban J connectivity index is 2.25. The topological polar surface area (TPSA) is 17.1 Å². The van der Waals surface area contributed by atoms with Gasteiger partial charge < -0.3 is 4.79 Å². The van der Waals surface area contributed by atoms with E-state index in [4.69, 9.17) is 0 Å². The molecule has 2 aliphatic carbocycles. The van der Waals surface area contributed by atoms with E-state index in [-0.39, 0.29) is 0 Å². The minimum absolute atomic E-state index is 0.329. The van der Waals surface area contributed by atoms with Gasteiger partial charge >= 0.3 is 0 Å². The van der Waals surface area contributed by atoms with Crippen molar-refractivity contribution < 1.29 is 4.79 Å². The normalized spacial score (nSPS) is 33.2. The van der Waals surface area contributed by atoms with Crippen LogP contribution in [0.4, 0.5) is 0 Å². The third-order valence-corrected chi connectivity index (χ3v) is 7.06. The molecule has 1 nitrogen and oxygen atoms in total. The van der Waals surface area contributed by atoms with E-state index in [1.165, 1.54) is 50.5 Å². The van der Waals surface area contributed by atoms with Crippen molar-refractivity contribution >= 4 is 5.78 Å². The zero-order valence-electron chi connectivity index (χ0n) is 16.9. The Morgan fingerprint density at radius 2 is 1.92 bits per heavy atom. The molecular weight excluding hydrogens is 292 g/mol. The summed E-state index contributed by atoms with van der Waals surface area (Å²) in [6.07, 6.45) is 13.3. The summed E-state index contributed by atoms with van der Waals surface area (Å²) in [5.74, 6) is 1.12. The predicted molar refractivity (Wildman–Crippen MR) is 104 cm³/mol. The van der Waals surface area contributed by atoms with Crippen LogP contribution in [-0.4, -0.2) is 5.78 Å². The van der Waals surface area contributed by atoms with Gasteiger partial charge in [0.15, 0.2) is 0 Å². The molecule has 2 aliphatic rings. The van der Waals surface area contributed by atoms with Crippen molar-refractivity contribution in [2.75, 3.05) is 0 Å². The summed E-state index contributed by atoms with van der Waals surface area (Å²) in [6, 6.07) is 0. The van der Waals surface area contributed by atoms with Gasteiger partial charge in [0.1, 0.15) is 5.78 Å². The van der Waals surface area contributed by atoms with Gasteiger partial charge in [-0.25, -0.2) is 0 Å². The molecule has 0 aromatic rings. The first kappa shape index (κ1) is 19.5. The van der Waals surface area contributed by atoms with Crippen LogP contribution in [0.15, 0.2) is 22.8 Å². The Hall–Kier alpha value is -0.850. The van der Waals surface area contributed by atoms with Crippen LogP contribution in [0.3, 0.4) is 0 Å². The summed E-state index contributed by atoms with van der Waals surface area (Å²) >= 11 is 0. The van der Waals surface area contributed by atoms with Gasteiger partial charge in [-0.2, -0.15) is 0 Å². The fraction of sp³-hybridized carbons (Fsp3) is 0.783. The third kappa shape index (κ3) is 4.03. The molecule has 24 heavy (non-hydrogen) atoms. The Morgan fingerprint density at radius 3 is 2.54 bits per heavy atom. The Labute approximate surface area is 150 Å². The van der Waals surface area contributed by atoms with Crippen molar-refractivity contribution in [1.82, 2.24) is 0 Å². The number of carbonyl (C=O) groups excluding carboxylic acids is 1. The summed E-state index contributed by atoms with van der Waals surface area (Å²) < 4.78 is 0. The maximum atomic E-state index is 11.6. The second-order valence-electron chi connectivity index (χ2n) is 9.30. The highest BCUT2D eigenvalue weighted by molar-refractivity contribution is 5.75. The van der Waals surface area contributed by atoms with Gasteiger partial charge in [-0.3, -0.25) is 0 Å². The Bertz CT molecular complexity index is 534. The molecule has 0 spiro atoms. The number of carbonyl (C=O) groups is 1. The summed E-state index contributed by atoms with van der Waals surface area (Å²) in [6.45, 7) is 13.6. The van der Waals surface area contributed by atoms with E-state index in [2.05, 4.69) is 40.7 Å². The number of Topliss-reactive ketones (excluding diaryl/α,β-unsaturated/α-hetero) is 1. The van der Waals surface area contributed by atoms with Crippen LogP contribution in [0, 0.1) is 16.7 Å². The second kappa shape index (κ2) is 7.58. The van der Waals surface area contributed by atoms with E-state index in [1.54, 1.807) is 18.1 Å². The van der Waals surface area contributed by atoms with Crippen LogP contribution in [0.2, 0.25) is 0 Å². The molecule has 136 valence electrons. The molecule has 1 saturated carbocycles.